The highest BCUT2D eigenvalue weighted by Gasteiger charge is 2.12. The van der Waals surface area contributed by atoms with E-state index in [0.717, 1.165) is 24.9 Å². The second-order valence-electron chi connectivity index (χ2n) is 3.92. The number of hydrogen-bond acceptors (Lipinski definition) is 5. The molecule has 110 valence electrons. The number of nitrogens with zero attached hydrogens (tertiary/aromatic N) is 1. The van der Waals surface area contributed by atoms with Crippen LogP contribution in [-0.2, 0) is 14.3 Å². The number of rotatable bonds is 8. The minimum Gasteiger partial charge on any atom is -0.466 e. The highest BCUT2D eigenvalue weighted by molar-refractivity contribution is 8.32. The molecule has 4 nitrogen and oxygen atoms in total. The maximum absolute atomic E-state index is 11.7. The number of hydrogen-bond donors (Lipinski definition) is 0. The van der Waals surface area contributed by atoms with Crippen molar-refractivity contribution in [2.45, 2.75) is 46.5 Å². The molecule has 0 aliphatic rings. The summed E-state index contributed by atoms with van der Waals surface area (Å²) >= 11 is 6.33. The van der Waals surface area contributed by atoms with Crippen LogP contribution in [0.2, 0.25) is 0 Å². The summed E-state index contributed by atoms with van der Waals surface area (Å²) in [6.45, 7) is 7.86. The number of esters is 1. The van der Waals surface area contributed by atoms with E-state index in [9.17, 15) is 9.59 Å². The highest BCUT2D eigenvalue weighted by Crippen LogP contribution is 2.15. The molecule has 0 unspecified atom stereocenters. The third kappa shape index (κ3) is 8.99. The van der Waals surface area contributed by atoms with Gasteiger partial charge in [0.05, 0.1) is 6.61 Å². The van der Waals surface area contributed by atoms with E-state index < -0.39 is 0 Å². The molecule has 0 bridgehead atoms. The number of carbonyl (C=O) groups is 2. The van der Waals surface area contributed by atoms with E-state index in [0.29, 0.717) is 36.6 Å². The minimum absolute atomic E-state index is 0.0701. The summed E-state index contributed by atoms with van der Waals surface area (Å²) in [7, 11) is 0. The SMILES string of the molecule is CCOC(=O)CCCCC(=O)SC(=S)N(CC)CC. The van der Waals surface area contributed by atoms with Gasteiger partial charge in [0.2, 0.25) is 0 Å². The predicted molar refractivity (Wildman–Crippen MR) is 83.2 cm³/mol. The number of ether oxygens (including phenoxy) is 1. The van der Waals surface area contributed by atoms with Crippen LogP contribution in [-0.4, -0.2) is 40.0 Å². The maximum Gasteiger partial charge on any atom is 0.305 e. The lowest BCUT2D eigenvalue weighted by atomic mass is 10.2. The Bertz CT molecular complexity index is 304. The molecule has 19 heavy (non-hydrogen) atoms. The minimum atomic E-state index is -0.193. The fourth-order valence-electron chi connectivity index (χ4n) is 1.47. The van der Waals surface area contributed by atoms with Gasteiger partial charge in [-0.3, -0.25) is 9.59 Å². The molecular weight excluding hydrogens is 282 g/mol. The molecule has 0 rings (SSSR count). The number of thioether (sulfide) groups is 1. The fraction of sp³-hybridized carbons (Fsp3) is 0.769. The quantitative estimate of drug-likeness (QED) is 0.390. The van der Waals surface area contributed by atoms with E-state index in [4.69, 9.17) is 17.0 Å². The first-order valence-corrected chi connectivity index (χ1v) is 7.92. The smallest absolute Gasteiger partial charge is 0.305 e. The van der Waals surface area contributed by atoms with Gasteiger partial charge in [0.1, 0.15) is 4.32 Å². The second kappa shape index (κ2) is 11.2. The standard InChI is InChI=1S/C13H23NO3S2/c1-4-14(5-2)13(18)19-12(16)10-8-7-9-11(15)17-6-3/h4-10H2,1-3H3. The predicted octanol–water partition coefficient (Wildman–Crippen LogP) is 3.00. The Morgan fingerprint density at radius 3 is 2.21 bits per heavy atom. The normalized spacial score (nSPS) is 10.1. The van der Waals surface area contributed by atoms with E-state index >= 15 is 0 Å². The van der Waals surface area contributed by atoms with Gasteiger partial charge in [-0.2, -0.15) is 0 Å². The first kappa shape index (κ1) is 18.4. The van der Waals surface area contributed by atoms with Crippen LogP contribution < -0.4 is 0 Å². The van der Waals surface area contributed by atoms with Crippen molar-refractivity contribution in [1.82, 2.24) is 4.90 Å². The van der Waals surface area contributed by atoms with E-state index in [1.807, 2.05) is 18.7 Å². The van der Waals surface area contributed by atoms with E-state index in [1.54, 1.807) is 6.92 Å². The molecule has 0 aliphatic carbocycles. The zero-order valence-electron chi connectivity index (χ0n) is 11.9. The van der Waals surface area contributed by atoms with Crippen molar-refractivity contribution in [2.75, 3.05) is 19.7 Å². The molecular formula is C13H23NO3S2. The van der Waals surface area contributed by atoms with Crippen LogP contribution in [0.25, 0.3) is 0 Å². The summed E-state index contributed by atoms with van der Waals surface area (Å²) in [5, 5.41) is 0.0701. The van der Waals surface area contributed by atoms with Gasteiger partial charge in [0.15, 0.2) is 5.12 Å². The monoisotopic (exact) mass is 305 g/mol. The molecule has 0 aromatic heterocycles. The molecule has 0 N–H and O–H groups in total. The van der Waals surface area contributed by atoms with Gasteiger partial charge >= 0.3 is 5.97 Å². The van der Waals surface area contributed by atoms with E-state index in [2.05, 4.69) is 0 Å². The topological polar surface area (TPSA) is 46.6 Å². The lowest BCUT2D eigenvalue weighted by molar-refractivity contribution is -0.143. The number of carbonyl (C=O) groups excluding carboxylic acids is 2. The van der Waals surface area contributed by atoms with Crippen molar-refractivity contribution < 1.29 is 14.3 Å². The molecule has 0 fully saturated rings. The molecule has 0 aromatic rings. The number of unbranched alkanes of at least 4 members (excludes halogenated alkanes) is 1. The largest absolute Gasteiger partial charge is 0.466 e. The molecule has 0 radical (unpaired) electrons. The fourth-order valence-corrected chi connectivity index (χ4v) is 2.83. The van der Waals surface area contributed by atoms with Crippen molar-refractivity contribution in [1.29, 1.82) is 0 Å². The van der Waals surface area contributed by atoms with Gasteiger partial charge in [-0.05, 0) is 45.4 Å². The van der Waals surface area contributed by atoms with Crippen molar-refractivity contribution in [3.05, 3.63) is 0 Å². The van der Waals surface area contributed by atoms with Crippen molar-refractivity contribution in [3.63, 3.8) is 0 Å². The van der Waals surface area contributed by atoms with Crippen LogP contribution in [0.1, 0.15) is 46.5 Å². The van der Waals surface area contributed by atoms with Crippen LogP contribution in [0.3, 0.4) is 0 Å². The first-order valence-electron chi connectivity index (χ1n) is 6.70. The lowest BCUT2D eigenvalue weighted by Gasteiger charge is -2.20. The molecule has 6 heteroatoms. The first-order chi connectivity index (χ1) is 9.04. The lowest BCUT2D eigenvalue weighted by Crippen LogP contribution is -2.27. The summed E-state index contributed by atoms with van der Waals surface area (Å²) in [5.41, 5.74) is 0. The van der Waals surface area contributed by atoms with Gasteiger partial charge in [-0.1, -0.05) is 12.2 Å². The average Bonchev–Trinajstić information content (AvgIpc) is 2.36. The molecule has 0 spiro atoms. The second-order valence-corrected chi connectivity index (χ2v) is 5.62. The zero-order chi connectivity index (χ0) is 14.7. The summed E-state index contributed by atoms with van der Waals surface area (Å²) in [5.74, 6) is -0.193. The molecule has 0 amide bonds. The third-order valence-electron chi connectivity index (χ3n) is 2.54. The van der Waals surface area contributed by atoms with E-state index in [-0.39, 0.29) is 11.1 Å². The molecule has 0 aliphatic heterocycles. The van der Waals surface area contributed by atoms with Crippen LogP contribution in [0, 0.1) is 0 Å². The van der Waals surface area contributed by atoms with Crippen LogP contribution >= 0.6 is 24.0 Å². The Labute approximate surface area is 125 Å². The Hall–Kier alpha value is -0.620. The molecule has 0 saturated heterocycles. The average molecular weight is 305 g/mol. The summed E-state index contributed by atoms with van der Waals surface area (Å²) < 4.78 is 5.46. The van der Waals surface area contributed by atoms with Crippen molar-refractivity contribution in [3.8, 4) is 0 Å². The molecule has 0 atom stereocenters. The van der Waals surface area contributed by atoms with Gasteiger partial charge in [0.25, 0.3) is 0 Å². The van der Waals surface area contributed by atoms with Gasteiger partial charge in [-0.25, -0.2) is 0 Å². The summed E-state index contributed by atoms with van der Waals surface area (Å²) in [6, 6.07) is 0. The maximum atomic E-state index is 11.7. The Balaban J connectivity index is 3.76. The highest BCUT2D eigenvalue weighted by atomic mass is 32.2. The Morgan fingerprint density at radius 2 is 1.68 bits per heavy atom. The summed E-state index contributed by atoms with van der Waals surface area (Å²) in [6.07, 6.45) is 2.21. The Kier molecular flexibility index (Phi) is 10.9. The molecule has 0 heterocycles. The molecule has 0 saturated carbocycles. The zero-order valence-corrected chi connectivity index (χ0v) is 13.6. The van der Waals surface area contributed by atoms with E-state index in [1.165, 1.54) is 0 Å². The Morgan fingerprint density at radius 1 is 1.11 bits per heavy atom. The summed E-state index contributed by atoms with van der Waals surface area (Å²) in [4.78, 5) is 24.8. The van der Waals surface area contributed by atoms with Crippen LogP contribution in [0.15, 0.2) is 0 Å². The van der Waals surface area contributed by atoms with Gasteiger partial charge in [0, 0.05) is 25.9 Å². The van der Waals surface area contributed by atoms with Crippen LogP contribution in [0.4, 0.5) is 0 Å². The van der Waals surface area contributed by atoms with Crippen molar-refractivity contribution >= 4 is 39.4 Å². The third-order valence-corrected chi connectivity index (χ3v) is 3.91. The molecule has 0 aromatic carbocycles. The number of thiocarbonyl (C=S) groups is 1. The van der Waals surface area contributed by atoms with Crippen LogP contribution in [0.5, 0.6) is 0 Å². The van der Waals surface area contributed by atoms with Gasteiger partial charge in [-0.15, -0.1) is 0 Å². The van der Waals surface area contributed by atoms with Gasteiger partial charge < -0.3 is 9.64 Å². The van der Waals surface area contributed by atoms with Crippen molar-refractivity contribution in [2.24, 2.45) is 0 Å².